The van der Waals surface area contributed by atoms with E-state index in [1.54, 1.807) is 72.9 Å². The van der Waals surface area contributed by atoms with E-state index in [9.17, 15) is 37.7 Å². The highest BCUT2D eigenvalue weighted by atomic mass is 32.2. The Morgan fingerprint density at radius 2 is 1.71 bits per heavy atom. The third-order valence-corrected chi connectivity index (χ3v) is 11.9. The molecule has 1 saturated heterocycles. The first-order valence-corrected chi connectivity index (χ1v) is 21.3. The molecule has 1 aliphatic carbocycles. The van der Waals surface area contributed by atoms with E-state index in [0.29, 0.717) is 28.1 Å². The van der Waals surface area contributed by atoms with Crippen molar-refractivity contribution < 1.29 is 46.7 Å². The maximum atomic E-state index is 14.8. The second-order valence-corrected chi connectivity index (χ2v) is 19.1. The number of methoxy groups -OCH3 is 1. The summed E-state index contributed by atoms with van der Waals surface area (Å²) in [6.07, 6.45) is -0.375. The summed E-state index contributed by atoms with van der Waals surface area (Å²) in [7, 11) is -3.11. The van der Waals surface area contributed by atoms with Gasteiger partial charge in [-0.1, -0.05) is 63.2 Å². The van der Waals surface area contributed by atoms with Crippen LogP contribution < -0.4 is 24.8 Å². The Labute approximate surface area is 359 Å². The number of ether oxygens (including phenoxy) is 3. The first kappa shape index (κ1) is 45.0. The van der Waals surface area contributed by atoms with E-state index in [0.717, 1.165) is 23.8 Å². The van der Waals surface area contributed by atoms with Gasteiger partial charge >= 0.3 is 6.09 Å². The highest BCUT2D eigenvalue weighted by Crippen LogP contribution is 2.45. The number of alkyl carbamates (subject to hydrolysis) is 1. The number of likely N-dealkylation sites (tertiary alicyclic amines) is 1. The summed E-state index contributed by atoms with van der Waals surface area (Å²) in [5.74, 6) is -2.27. The Kier molecular flexibility index (Phi) is 12.4. The number of hydrogen-bond donors (Lipinski definition) is 3. The fourth-order valence-electron chi connectivity index (χ4n) is 7.33. The average Bonchev–Trinajstić information content (AvgIpc) is 3.77. The molecule has 328 valence electrons. The van der Waals surface area contributed by atoms with Gasteiger partial charge in [0.1, 0.15) is 40.8 Å². The topological polar surface area (TPSA) is 225 Å². The van der Waals surface area contributed by atoms with Crippen molar-refractivity contribution in [1.29, 1.82) is 0 Å². The molecule has 3 aromatic carbocycles. The summed E-state index contributed by atoms with van der Waals surface area (Å²) >= 11 is 0. The highest BCUT2D eigenvalue weighted by Gasteiger charge is 2.61. The van der Waals surface area contributed by atoms with E-state index in [1.165, 1.54) is 17.0 Å². The van der Waals surface area contributed by atoms with Crippen molar-refractivity contribution in [2.75, 3.05) is 13.7 Å². The summed E-state index contributed by atoms with van der Waals surface area (Å²) in [6, 6.07) is 18.2. The number of nitrogens with zero attached hydrogens (tertiary/aromatic N) is 3. The number of nitrogens with one attached hydrogen (secondary N) is 3. The van der Waals surface area contributed by atoms with Gasteiger partial charge in [0.15, 0.2) is 0 Å². The van der Waals surface area contributed by atoms with Gasteiger partial charge in [0.25, 0.3) is 21.6 Å². The number of aromatic nitrogens is 1. The zero-order valence-electron chi connectivity index (χ0n) is 35.5. The summed E-state index contributed by atoms with van der Waals surface area (Å²) in [5, 5.41) is 17.4. The Hall–Kier alpha value is -6.56. The van der Waals surface area contributed by atoms with Crippen LogP contribution in [0, 0.1) is 21.4 Å². The SMILES string of the molecule is C=CC1CC1(NC(=O)C1CC(Oc2cc(-c3ccccc3)nc3cc(OC)ccc23)CN1C(=O)C(NC(=O)OC(C)(C)C)C(C)(C)C)C(=O)NS(=O)(=O)c1cccc([N+](=O)[O-])c1. The van der Waals surface area contributed by atoms with Gasteiger partial charge in [-0.3, -0.25) is 24.5 Å². The van der Waals surface area contributed by atoms with Crippen LogP contribution in [0.4, 0.5) is 10.5 Å². The van der Waals surface area contributed by atoms with E-state index in [2.05, 4.69) is 17.2 Å². The van der Waals surface area contributed by atoms with Gasteiger partial charge in [-0.25, -0.2) is 22.9 Å². The third-order valence-electron chi connectivity index (χ3n) is 10.6. The van der Waals surface area contributed by atoms with Crippen molar-refractivity contribution in [3.63, 3.8) is 0 Å². The minimum atomic E-state index is -4.65. The molecule has 62 heavy (non-hydrogen) atoms. The lowest BCUT2D eigenvalue weighted by atomic mass is 9.85. The van der Waals surface area contributed by atoms with Gasteiger partial charge < -0.3 is 29.7 Å². The zero-order valence-corrected chi connectivity index (χ0v) is 36.3. The summed E-state index contributed by atoms with van der Waals surface area (Å²) in [6.45, 7) is 13.9. The van der Waals surface area contributed by atoms with Crippen LogP contribution in [0.3, 0.4) is 0 Å². The molecule has 18 heteroatoms. The first-order chi connectivity index (χ1) is 29.0. The molecule has 4 amide bonds. The predicted molar refractivity (Wildman–Crippen MR) is 228 cm³/mol. The Balaban J connectivity index is 1.35. The zero-order chi connectivity index (χ0) is 45.4. The number of pyridine rings is 1. The minimum absolute atomic E-state index is 0.0291. The molecule has 5 atom stereocenters. The molecule has 6 rings (SSSR count). The number of amides is 4. The van der Waals surface area contributed by atoms with E-state index >= 15 is 0 Å². The summed E-state index contributed by atoms with van der Waals surface area (Å²) < 4.78 is 46.3. The molecule has 3 N–H and O–H groups in total. The van der Waals surface area contributed by atoms with Crippen LogP contribution in [0.5, 0.6) is 11.5 Å². The van der Waals surface area contributed by atoms with Gasteiger partial charge in [-0.15, -0.1) is 6.58 Å². The van der Waals surface area contributed by atoms with Crippen LogP contribution in [-0.4, -0.2) is 90.0 Å². The number of carbonyl (C=O) groups excluding carboxylic acids is 4. The van der Waals surface area contributed by atoms with Crippen LogP contribution in [0.15, 0.2) is 96.4 Å². The first-order valence-electron chi connectivity index (χ1n) is 19.8. The highest BCUT2D eigenvalue weighted by molar-refractivity contribution is 7.90. The molecule has 1 saturated carbocycles. The third kappa shape index (κ3) is 9.80. The second-order valence-electron chi connectivity index (χ2n) is 17.4. The van der Waals surface area contributed by atoms with Crippen LogP contribution in [0.25, 0.3) is 22.2 Å². The molecular formula is C44H50N6O11S. The molecule has 2 fully saturated rings. The number of non-ortho nitro benzene ring substituents is 1. The average molecular weight is 871 g/mol. The molecule has 0 radical (unpaired) electrons. The molecule has 1 aliphatic heterocycles. The number of nitro benzene ring substituents is 1. The normalized spacial score (nSPS) is 20.4. The number of rotatable bonds is 13. The van der Waals surface area contributed by atoms with Crippen molar-refractivity contribution in [2.24, 2.45) is 11.3 Å². The smallest absolute Gasteiger partial charge is 0.408 e. The van der Waals surface area contributed by atoms with Gasteiger partial charge in [-0.05, 0) is 50.8 Å². The largest absolute Gasteiger partial charge is 0.497 e. The van der Waals surface area contributed by atoms with Crippen molar-refractivity contribution >= 4 is 50.4 Å². The van der Waals surface area contributed by atoms with Gasteiger partial charge in [0.2, 0.25) is 11.8 Å². The molecular weight excluding hydrogens is 821 g/mol. The van der Waals surface area contributed by atoms with E-state index < -0.39 is 90.0 Å². The molecule has 0 bridgehead atoms. The van der Waals surface area contributed by atoms with E-state index in [-0.39, 0.29) is 19.4 Å². The van der Waals surface area contributed by atoms with Gasteiger partial charge in [-0.2, -0.15) is 0 Å². The second kappa shape index (κ2) is 17.1. The number of carbonyl (C=O) groups is 4. The molecule has 2 aliphatic rings. The lowest BCUT2D eigenvalue weighted by Gasteiger charge is -2.36. The minimum Gasteiger partial charge on any atom is -0.497 e. The molecule has 4 aromatic rings. The maximum absolute atomic E-state index is 14.8. The predicted octanol–water partition coefficient (Wildman–Crippen LogP) is 5.67. The summed E-state index contributed by atoms with van der Waals surface area (Å²) in [5.41, 5.74) is -2.13. The van der Waals surface area contributed by atoms with Gasteiger partial charge in [0, 0.05) is 47.6 Å². The van der Waals surface area contributed by atoms with E-state index in [1.807, 2.05) is 35.1 Å². The van der Waals surface area contributed by atoms with Crippen LogP contribution in [0.2, 0.25) is 0 Å². The molecule has 2 heterocycles. The molecule has 1 aromatic heterocycles. The molecule has 17 nitrogen and oxygen atoms in total. The van der Waals surface area contributed by atoms with Crippen molar-refractivity contribution in [3.8, 4) is 22.8 Å². The van der Waals surface area contributed by atoms with Crippen LogP contribution in [-0.2, 0) is 29.1 Å². The number of fused-ring (bicyclic) bond motifs is 1. The maximum Gasteiger partial charge on any atom is 0.408 e. The fourth-order valence-corrected chi connectivity index (χ4v) is 8.40. The fraction of sp³-hybridized carbons (Fsp3) is 0.386. The van der Waals surface area contributed by atoms with E-state index in [4.69, 9.17) is 19.2 Å². The van der Waals surface area contributed by atoms with Gasteiger partial charge in [0.05, 0.1) is 34.7 Å². The Morgan fingerprint density at radius 3 is 2.32 bits per heavy atom. The van der Waals surface area contributed by atoms with Crippen molar-refractivity contribution in [3.05, 3.63) is 102 Å². The number of sulfonamides is 1. The number of hydrogen-bond acceptors (Lipinski definition) is 12. The molecule has 0 spiro atoms. The quantitative estimate of drug-likeness (QED) is 0.0839. The lowest BCUT2D eigenvalue weighted by molar-refractivity contribution is -0.385. The monoisotopic (exact) mass is 870 g/mol. The summed E-state index contributed by atoms with van der Waals surface area (Å²) in [4.78, 5) is 72.6. The van der Waals surface area contributed by atoms with Crippen LogP contribution >= 0.6 is 0 Å². The standard InChI is InChI=1S/C44H50N6O11S/c1-9-27-24-44(27,40(53)48-62(57,58)31-17-13-16-28(20-31)50(55)56)47-38(51)35-22-30(25-49(35)39(52)37(42(2,3)4)46-41(54)61-43(5,6)7)60-36-23-33(26-14-11-10-12-15-26)45-34-21-29(59-8)18-19-32(34)36/h9-21,23,27,30,35,37H,1,22,24-25H2,2-8H3,(H,46,54)(H,47,51)(H,48,53). The number of nitro groups is 1. The van der Waals surface area contributed by atoms with Crippen molar-refractivity contribution in [1.82, 2.24) is 25.2 Å². The lowest BCUT2D eigenvalue weighted by Crippen LogP contribution is -2.60. The molecule has 5 unspecified atom stereocenters. The number of benzene rings is 3. The van der Waals surface area contributed by atoms with Crippen LogP contribution in [0.1, 0.15) is 54.4 Å². The van der Waals surface area contributed by atoms with Crippen molar-refractivity contribution in [2.45, 2.75) is 88.6 Å². The Morgan fingerprint density at radius 1 is 1.00 bits per heavy atom. The Bertz CT molecular complexity index is 2540.